The number of carboxylic acid groups (broad SMARTS) is 1. The molecule has 0 aliphatic carbocycles. The van der Waals surface area contributed by atoms with Gasteiger partial charge in [-0.15, -0.1) is 0 Å². The van der Waals surface area contributed by atoms with Crippen molar-refractivity contribution in [1.82, 2.24) is 14.5 Å². The molecular formula is C25H25F4N3O3. The summed E-state index contributed by atoms with van der Waals surface area (Å²) in [6, 6.07) is 15.4. The van der Waals surface area contributed by atoms with Crippen molar-refractivity contribution in [3.8, 4) is 11.3 Å². The average molecular weight is 491 g/mol. The van der Waals surface area contributed by atoms with Gasteiger partial charge in [0.05, 0.1) is 18.4 Å². The molecule has 2 aliphatic heterocycles. The van der Waals surface area contributed by atoms with Crippen LogP contribution in [-0.4, -0.2) is 50.4 Å². The van der Waals surface area contributed by atoms with Crippen LogP contribution in [0.25, 0.3) is 11.3 Å². The molecule has 0 bridgehead atoms. The summed E-state index contributed by atoms with van der Waals surface area (Å²) in [5.41, 5.74) is 4.58. The van der Waals surface area contributed by atoms with Gasteiger partial charge in [0.2, 0.25) is 0 Å². The molecule has 2 aliphatic rings. The zero-order valence-corrected chi connectivity index (χ0v) is 19.1. The van der Waals surface area contributed by atoms with E-state index in [9.17, 15) is 17.6 Å². The van der Waals surface area contributed by atoms with E-state index in [0.717, 1.165) is 49.7 Å². The number of benzene rings is 2. The minimum Gasteiger partial charge on any atom is -0.475 e. The first-order chi connectivity index (χ1) is 16.5. The molecule has 1 spiro atoms. The van der Waals surface area contributed by atoms with E-state index in [1.165, 1.54) is 23.3 Å². The Hall–Kier alpha value is -3.24. The maximum atomic E-state index is 13.2. The Bertz CT molecular complexity index is 1180. The highest BCUT2D eigenvalue weighted by Gasteiger charge is 2.43. The van der Waals surface area contributed by atoms with Crippen molar-refractivity contribution in [3.05, 3.63) is 77.5 Å². The van der Waals surface area contributed by atoms with Gasteiger partial charge in [-0.3, -0.25) is 4.90 Å². The van der Waals surface area contributed by atoms with Crippen LogP contribution in [0.3, 0.4) is 0 Å². The van der Waals surface area contributed by atoms with E-state index >= 15 is 0 Å². The van der Waals surface area contributed by atoms with Gasteiger partial charge in [-0.1, -0.05) is 42.0 Å². The zero-order chi connectivity index (χ0) is 25.2. The Kier molecular flexibility index (Phi) is 6.95. The monoisotopic (exact) mass is 491 g/mol. The second-order valence-electron chi connectivity index (χ2n) is 8.87. The molecule has 0 saturated carbocycles. The third-order valence-corrected chi connectivity index (χ3v) is 6.20. The number of hydrogen-bond donors (Lipinski definition) is 1. The fraction of sp³-hybridized carbons (Fsp3) is 0.360. The van der Waals surface area contributed by atoms with Crippen molar-refractivity contribution < 1.29 is 32.2 Å². The van der Waals surface area contributed by atoms with E-state index in [4.69, 9.17) is 14.6 Å². The van der Waals surface area contributed by atoms with Crippen molar-refractivity contribution in [2.75, 3.05) is 13.1 Å². The van der Waals surface area contributed by atoms with Crippen LogP contribution in [0.4, 0.5) is 17.6 Å². The number of aryl methyl sites for hydroxylation is 1. The number of carboxylic acids is 1. The summed E-state index contributed by atoms with van der Waals surface area (Å²) in [5.74, 6) is -1.95. The van der Waals surface area contributed by atoms with E-state index in [0.29, 0.717) is 6.61 Å². The lowest BCUT2D eigenvalue weighted by atomic mass is 10.0. The number of aliphatic carboxylic acids is 1. The van der Waals surface area contributed by atoms with Crippen LogP contribution >= 0.6 is 0 Å². The van der Waals surface area contributed by atoms with Crippen molar-refractivity contribution in [3.63, 3.8) is 0 Å². The number of halogens is 4. The van der Waals surface area contributed by atoms with Gasteiger partial charge in [0.25, 0.3) is 0 Å². The lowest BCUT2D eigenvalue weighted by molar-refractivity contribution is -0.192. The summed E-state index contributed by atoms with van der Waals surface area (Å²) in [7, 11) is 0. The normalized spacial score (nSPS) is 19.8. The fourth-order valence-electron chi connectivity index (χ4n) is 4.37. The number of nitrogens with zero attached hydrogens (tertiary/aromatic N) is 3. The van der Waals surface area contributed by atoms with Gasteiger partial charge in [0, 0.05) is 19.6 Å². The lowest BCUT2D eigenvalue weighted by Gasteiger charge is -2.35. The average Bonchev–Trinajstić information content (AvgIpc) is 3.40. The number of aromatic nitrogens is 2. The third-order valence-electron chi connectivity index (χ3n) is 6.20. The Labute approximate surface area is 199 Å². The number of alkyl halides is 3. The van der Waals surface area contributed by atoms with Gasteiger partial charge in [-0.25, -0.2) is 14.2 Å². The first kappa shape index (κ1) is 24.9. The predicted octanol–water partition coefficient (Wildman–Crippen LogP) is 4.81. The molecule has 3 heterocycles. The molecule has 5 rings (SSSR count). The van der Waals surface area contributed by atoms with Gasteiger partial charge < -0.3 is 14.4 Å². The first-order valence-corrected chi connectivity index (χ1v) is 11.1. The number of ether oxygens (including phenoxy) is 1. The van der Waals surface area contributed by atoms with Gasteiger partial charge in [-0.05, 0) is 36.6 Å². The summed E-state index contributed by atoms with van der Waals surface area (Å²) >= 11 is 0. The highest BCUT2D eigenvalue weighted by molar-refractivity contribution is 5.73. The molecule has 0 radical (unpaired) electrons. The van der Waals surface area contributed by atoms with Crippen LogP contribution in [0.15, 0.2) is 54.7 Å². The minimum atomic E-state index is -5.08. The lowest BCUT2D eigenvalue weighted by Crippen LogP contribution is -2.44. The molecular weight excluding hydrogens is 466 g/mol. The van der Waals surface area contributed by atoms with Crippen LogP contribution in [0.5, 0.6) is 0 Å². The minimum absolute atomic E-state index is 0.173. The molecule has 1 fully saturated rings. The number of imidazole rings is 1. The summed E-state index contributed by atoms with van der Waals surface area (Å²) < 4.78 is 53.5. The van der Waals surface area contributed by atoms with Crippen molar-refractivity contribution >= 4 is 5.97 Å². The first-order valence-electron chi connectivity index (χ1n) is 11.1. The number of rotatable bonds is 3. The van der Waals surface area contributed by atoms with E-state index in [2.05, 4.69) is 45.6 Å². The van der Waals surface area contributed by atoms with Crippen LogP contribution in [0.2, 0.25) is 0 Å². The predicted molar refractivity (Wildman–Crippen MR) is 120 cm³/mol. The molecule has 1 N–H and O–H groups in total. The summed E-state index contributed by atoms with van der Waals surface area (Å²) in [4.78, 5) is 15.9. The Balaban J connectivity index is 0.000000364. The Morgan fingerprint density at radius 3 is 2.40 bits per heavy atom. The largest absolute Gasteiger partial charge is 0.490 e. The van der Waals surface area contributed by atoms with Crippen LogP contribution < -0.4 is 0 Å². The SMILES string of the molecule is Cc1ccc(-c2cnc3n2CC2(CCN(Cc4ccc(F)cc4)C2)OC3)cc1.O=C(O)C(F)(F)F. The molecule has 0 amide bonds. The maximum Gasteiger partial charge on any atom is 0.490 e. The van der Waals surface area contributed by atoms with Crippen molar-refractivity contribution in [2.45, 2.75) is 44.8 Å². The molecule has 6 nitrogen and oxygen atoms in total. The zero-order valence-electron chi connectivity index (χ0n) is 19.1. The smallest absolute Gasteiger partial charge is 0.475 e. The van der Waals surface area contributed by atoms with E-state index in [1.807, 2.05) is 18.3 Å². The van der Waals surface area contributed by atoms with Gasteiger partial charge in [0.15, 0.2) is 0 Å². The molecule has 1 unspecified atom stereocenters. The molecule has 2 aromatic carbocycles. The topological polar surface area (TPSA) is 67.6 Å². The van der Waals surface area contributed by atoms with Crippen LogP contribution in [-0.2, 0) is 29.2 Å². The van der Waals surface area contributed by atoms with Gasteiger partial charge in [0.1, 0.15) is 23.8 Å². The quantitative estimate of drug-likeness (QED) is 0.533. The number of hydrogen-bond acceptors (Lipinski definition) is 4. The van der Waals surface area contributed by atoms with Crippen molar-refractivity contribution in [2.24, 2.45) is 0 Å². The van der Waals surface area contributed by atoms with Gasteiger partial charge in [-0.2, -0.15) is 13.2 Å². The van der Waals surface area contributed by atoms with Crippen LogP contribution in [0.1, 0.15) is 23.4 Å². The third kappa shape index (κ3) is 5.88. The second-order valence-corrected chi connectivity index (χ2v) is 8.87. The number of likely N-dealkylation sites (tertiary alicyclic amines) is 1. The maximum absolute atomic E-state index is 13.2. The van der Waals surface area contributed by atoms with E-state index in [-0.39, 0.29) is 11.4 Å². The molecule has 10 heteroatoms. The highest BCUT2D eigenvalue weighted by atomic mass is 19.4. The van der Waals surface area contributed by atoms with Crippen LogP contribution in [0, 0.1) is 12.7 Å². The van der Waals surface area contributed by atoms with Crippen molar-refractivity contribution in [1.29, 1.82) is 0 Å². The standard InChI is InChI=1S/C23H24FN3O.C2HF3O2/c1-17-2-6-19(7-3-17)21-12-25-22-14-28-23(16-27(21)22)10-11-26(15-23)13-18-4-8-20(24)9-5-18;3-2(4,5)1(6)7/h2-9,12H,10-11,13-16H2,1H3;(H,6,7). The summed E-state index contributed by atoms with van der Waals surface area (Å²) in [5, 5.41) is 7.12. The Morgan fingerprint density at radius 1 is 1.11 bits per heavy atom. The Morgan fingerprint density at radius 2 is 1.77 bits per heavy atom. The molecule has 1 aromatic heterocycles. The molecule has 3 aromatic rings. The number of carbonyl (C=O) groups is 1. The molecule has 1 saturated heterocycles. The summed E-state index contributed by atoms with van der Waals surface area (Å²) in [6.07, 6.45) is -2.12. The summed E-state index contributed by atoms with van der Waals surface area (Å²) in [6.45, 7) is 6.18. The second kappa shape index (κ2) is 9.79. The molecule has 35 heavy (non-hydrogen) atoms. The molecule has 186 valence electrons. The fourth-order valence-corrected chi connectivity index (χ4v) is 4.37. The van der Waals surface area contributed by atoms with Gasteiger partial charge >= 0.3 is 12.1 Å². The van der Waals surface area contributed by atoms with E-state index < -0.39 is 12.1 Å². The highest BCUT2D eigenvalue weighted by Crippen LogP contribution is 2.35. The van der Waals surface area contributed by atoms with E-state index in [1.54, 1.807) is 0 Å². The number of fused-ring (bicyclic) bond motifs is 1. The molecule has 1 atom stereocenters.